The molecule has 0 radical (unpaired) electrons. The van der Waals surface area contributed by atoms with Crippen LogP contribution in [0.3, 0.4) is 0 Å². The molecule has 0 atom stereocenters. The van der Waals surface area contributed by atoms with E-state index in [4.69, 9.17) is 5.73 Å². The van der Waals surface area contributed by atoms with Crippen molar-refractivity contribution >= 4 is 17.1 Å². The van der Waals surface area contributed by atoms with Crippen LogP contribution >= 0.6 is 0 Å². The first-order valence-corrected chi connectivity index (χ1v) is 8.38. The molecule has 1 fully saturated rings. The third-order valence-corrected chi connectivity index (χ3v) is 4.78. The van der Waals surface area contributed by atoms with Crippen LogP contribution in [0.15, 0.2) is 0 Å². The van der Waals surface area contributed by atoms with Gasteiger partial charge in [-0.3, -0.25) is 9.25 Å². The molecule has 5 nitrogen and oxygen atoms in total. The summed E-state index contributed by atoms with van der Waals surface area (Å²) in [7, 11) is 2.00. The zero-order valence-electron chi connectivity index (χ0n) is 13.3. The minimum atomic E-state index is 0.641. The first kappa shape index (κ1) is 14.4. The summed E-state index contributed by atoms with van der Waals surface area (Å²) >= 11 is 0. The second-order valence-corrected chi connectivity index (χ2v) is 6.41. The molecular weight excluding hydrogens is 262 g/mol. The zero-order valence-corrected chi connectivity index (χ0v) is 13.3. The molecule has 0 amide bonds. The van der Waals surface area contributed by atoms with Crippen LogP contribution in [0.25, 0.3) is 11.2 Å². The molecule has 3 rings (SSSR count). The monoisotopic (exact) mass is 289 g/mol. The average molecular weight is 289 g/mol. The number of anilines is 1. The molecule has 0 saturated heterocycles. The van der Waals surface area contributed by atoms with E-state index in [1.807, 2.05) is 11.7 Å². The molecule has 2 N–H and O–H groups in total. The Labute approximate surface area is 126 Å². The quantitative estimate of drug-likeness (QED) is 0.887. The molecule has 1 aliphatic rings. The minimum Gasteiger partial charge on any atom is -0.369 e. The highest BCUT2D eigenvalue weighted by molar-refractivity contribution is 5.77. The van der Waals surface area contributed by atoms with Crippen LogP contribution in [0.5, 0.6) is 0 Å². The summed E-state index contributed by atoms with van der Waals surface area (Å²) < 4.78 is 4.09. The number of imidazole rings is 1. The maximum atomic E-state index is 6.14. The highest BCUT2D eigenvalue weighted by Crippen LogP contribution is 2.29. The summed E-state index contributed by atoms with van der Waals surface area (Å²) in [6.07, 6.45) is 10.2. The van der Waals surface area contributed by atoms with Crippen molar-refractivity contribution in [1.82, 2.24) is 19.3 Å². The zero-order chi connectivity index (χ0) is 14.8. The van der Waals surface area contributed by atoms with Crippen molar-refractivity contribution in [3.8, 4) is 0 Å². The fraction of sp³-hybridized carbons (Fsp3) is 0.750. The number of rotatable bonds is 6. The molecular formula is C16H27N5. The van der Waals surface area contributed by atoms with E-state index in [1.165, 1.54) is 38.5 Å². The maximum Gasteiger partial charge on any atom is 0.202 e. The van der Waals surface area contributed by atoms with Crippen molar-refractivity contribution < 1.29 is 0 Å². The lowest BCUT2D eigenvalue weighted by atomic mass is 10.0. The number of aromatic nitrogens is 4. The van der Waals surface area contributed by atoms with Crippen LogP contribution in [0.4, 0.5) is 5.95 Å². The molecule has 0 spiro atoms. The van der Waals surface area contributed by atoms with E-state index in [-0.39, 0.29) is 0 Å². The molecule has 1 saturated carbocycles. The first-order chi connectivity index (χ1) is 10.2. The summed E-state index contributed by atoms with van der Waals surface area (Å²) in [5.74, 6) is 1.58. The summed E-state index contributed by atoms with van der Waals surface area (Å²) in [6, 6.07) is 0. The highest BCUT2D eigenvalue weighted by atomic mass is 15.3. The Morgan fingerprint density at radius 2 is 2.05 bits per heavy atom. The average Bonchev–Trinajstić information content (AvgIpc) is 3.13. The molecule has 0 unspecified atom stereocenters. The number of hydrogen-bond acceptors (Lipinski definition) is 3. The molecule has 1 aliphatic carbocycles. The van der Waals surface area contributed by atoms with Gasteiger partial charge in [0.05, 0.1) is 5.69 Å². The second kappa shape index (κ2) is 6.08. The van der Waals surface area contributed by atoms with Crippen molar-refractivity contribution in [3.63, 3.8) is 0 Å². The third kappa shape index (κ3) is 2.78. The Hall–Kier alpha value is -1.52. The van der Waals surface area contributed by atoms with E-state index in [1.54, 1.807) is 0 Å². The molecule has 2 aromatic heterocycles. The van der Waals surface area contributed by atoms with E-state index in [9.17, 15) is 0 Å². The number of nitrogen functional groups attached to an aromatic ring is 1. The van der Waals surface area contributed by atoms with Crippen molar-refractivity contribution in [2.75, 3.05) is 5.73 Å². The van der Waals surface area contributed by atoms with Crippen LogP contribution in [0.2, 0.25) is 0 Å². The predicted octanol–water partition coefficient (Wildman–Crippen LogP) is 3.27. The molecule has 5 heteroatoms. The van der Waals surface area contributed by atoms with Crippen LogP contribution in [-0.4, -0.2) is 19.3 Å². The van der Waals surface area contributed by atoms with Crippen molar-refractivity contribution in [2.24, 2.45) is 13.0 Å². The van der Waals surface area contributed by atoms with E-state index in [0.29, 0.717) is 5.95 Å². The normalized spacial score (nSPS) is 16.3. The van der Waals surface area contributed by atoms with Gasteiger partial charge in [-0.25, -0.2) is 4.98 Å². The SMILES string of the molecule is CCCc1nn(C)c2c1nc(N)n2CCCC1CCCC1. The van der Waals surface area contributed by atoms with E-state index < -0.39 is 0 Å². The van der Waals surface area contributed by atoms with Crippen molar-refractivity contribution in [2.45, 2.75) is 64.8 Å². The van der Waals surface area contributed by atoms with Gasteiger partial charge >= 0.3 is 0 Å². The van der Waals surface area contributed by atoms with Crippen LogP contribution in [0, 0.1) is 5.92 Å². The van der Waals surface area contributed by atoms with Gasteiger partial charge in [-0.15, -0.1) is 0 Å². The fourth-order valence-corrected chi connectivity index (χ4v) is 3.72. The first-order valence-electron chi connectivity index (χ1n) is 8.38. The molecule has 2 aromatic rings. The summed E-state index contributed by atoms with van der Waals surface area (Å²) in [6.45, 7) is 3.13. The molecule has 0 bridgehead atoms. The summed E-state index contributed by atoms with van der Waals surface area (Å²) in [5.41, 5.74) is 9.30. The summed E-state index contributed by atoms with van der Waals surface area (Å²) in [5, 5.41) is 4.60. The van der Waals surface area contributed by atoms with Gasteiger partial charge < -0.3 is 5.73 Å². The number of aryl methyl sites for hydroxylation is 3. The Morgan fingerprint density at radius 3 is 2.76 bits per heavy atom. The lowest BCUT2D eigenvalue weighted by molar-refractivity contribution is 0.461. The van der Waals surface area contributed by atoms with E-state index in [2.05, 4.69) is 21.6 Å². The van der Waals surface area contributed by atoms with Crippen LogP contribution in [-0.2, 0) is 20.0 Å². The number of nitrogens with zero attached hydrogens (tertiary/aromatic N) is 4. The smallest absolute Gasteiger partial charge is 0.202 e. The Bertz CT molecular complexity index is 604. The number of nitrogens with two attached hydrogens (primary N) is 1. The van der Waals surface area contributed by atoms with Crippen LogP contribution < -0.4 is 5.73 Å². The largest absolute Gasteiger partial charge is 0.369 e. The second-order valence-electron chi connectivity index (χ2n) is 6.41. The Morgan fingerprint density at radius 1 is 1.29 bits per heavy atom. The molecule has 116 valence electrons. The standard InChI is InChI=1S/C16H27N5/c1-3-7-13-14-15(20(2)19-13)21(16(17)18-14)11-6-10-12-8-4-5-9-12/h12H,3-11H2,1-2H3,(H2,17,18). The van der Waals surface area contributed by atoms with Gasteiger partial charge in [0.25, 0.3) is 0 Å². The van der Waals surface area contributed by atoms with Gasteiger partial charge in [0, 0.05) is 13.6 Å². The van der Waals surface area contributed by atoms with Gasteiger partial charge in [-0.1, -0.05) is 39.0 Å². The molecule has 0 aliphatic heterocycles. The van der Waals surface area contributed by atoms with Crippen molar-refractivity contribution in [3.05, 3.63) is 5.69 Å². The maximum absolute atomic E-state index is 6.14. The van der Waals surface area contributed by atoms with Crippen LogP contribution in [0.1, 0.15) is 57.6 Å². The number of fused-ring (bicyclic) bond motifs is 1. The van der Waals surface area contributed by atoms with Gasteiger partial charge in [-0.05, 0) is 25.2 Å². The van der Waals surface area contributed by atoms with Gasteiger partial charge in [0.2, 0.25) is 5.95 Å². The van der Waals surface area contributed by atoms with Crippen molar-refractivity contribution in [1.29, 1.82) is 0 Å². The Balaban J connectivity index is 1.76. The molecule has 0 aromatic carbocycles. The number of hydrogen-bond donors (Lipinski definition) is 1. The lowest BCUT2D eigenvalue weighted by Crippen LogP contribution is -2.08. The Kier molecular flexibility index (Phi) is 4.17. The fourth-order valence-electron chi connectivity index (χ4n) is 3.72. The molecule has 21 heavy (non-hydrogen) atoms. The molecule has 2 heterocycles. The van der Waals surface area contributed by atoms with Gasteiger partial charge in [0.15, 0.2) is 5.65 Å². The topological polar surface area (TPSA) is 61.7 Å². The van der Waals surface area contributed by atoms with Gasteiger partial charge in [0.1, 0.15) is 5.52 Å². The predicted molar refractivity (Wildman–Crippen MR) is 86.1 cm³/mol. The van der Waals surface area contributed by atoms with E-state index in [0.717, 1.165) is 42.2 Å². The highest BCUT2D eigenvalue weighted by Gasteiger charge is 2.18. The summed E-state index contributed by atoms with van der Waals surface area (Å²) in [4.78, 5) is 4.56. The van der Waals surface area contributed by atoms with E-state index >= 15 is 0 Å². The third-order valence-electron chi connectivity index (χ3n) is 4.78. The van der Waals surface area contributed by atoms with Gasteiger partial charge in [-0.2, -0.15) is 5.10 Å². The minimum absolute atomic E-state index is 0.641. The lowest BCUT2D eigenvalue weighted by Gasteiger charge is -2.10.